The molecule has 1 aromatic rings. The van der Waals surface area contributed by atoms with Crippen LogP contribution in [0.5, 0.6) is 0 Å². The molecule has 75 valence electrons. The second-order valence-corrected chi connectivity index (χ2v) is 4.41. The van der Waals surface area contributed by atoms with Gasteiger partial charge in [0.1, 0.15) is 0 Å². The molecular weight excluding hydrogens is 170 g/mol. The number of nitrogens with one attached hydrogen (secondary N) is 1. The van der Waals surface area contributed by atoms with Gasteiger partial charge in [-0.1, -0.05) is 30.3 Å². The van der Waals surface area contributed by atoms with Gasteiger partial charge in [-0.3, -0.25) is 5.73 Å². The van der Waals surface area contributed by atoms with Crippen molar-refractivity contribution in [3.05, 3.63) is 35.9 Å². The van der Waals surface area contributed by atoms with Crippen LogP contribution in [0.3, 0.4) is 0 Å². The molecule has 1 aliphatic rings. The van der Waals surface area contributed by atoms with Crippen molar-refractivity contribution in [2.75, 3.05) is 0 Å². The molecule has 1 nitrogen and oxygen atoms in total. The van der Waals surface area contributed by atoms with Crippen LogP contribution in [0.25, 0.3) is 0 Å². The van der Waals surface area contributed by atoms with Crippen molar-refractivity contribution >= 4 is 0 Å². The van der Waals surface area contributed by atoms with E-state index in [0.29, 0.717) is 0 Å². The predicted molar refractivity (Wildman–Crippen MR) is 59.0 cm³/mol. The van der Waals surface area contributed by atoms with Gasteiger partial charge in [0.25, 0.3) is 0 Å². The molecule has 1 fully saturated rings. The van der Waals surface area contributed by atoms with Crippen molar-refractivity contribution in [1.82, 2.24) is 5.73 Å². The first-order valence-corrected chi connectivity index (χ1v) is 5.59. The highest BCUT2D eigenvalue weighted by atomic mass is 14.6. The second kappa shape index (κ2) is 4.61. The largest absolute Gasteiger partial charge is 0.255 e. The third-order valence-electron chi connectivity index (χ3n) is 3.21. The Morgan fingerprint density at radius 2 is 1.64 bits per heavy atom. The molecule has 14 heavy (non-hydrogen) atoms. The van der Waals surface area contributed by atoms with Gasteiger partial charge >= 0.3 is 0 Å². The molecule has 0 spiro atoms. The van der Waals surface area contributed by atoms with E-state index in [1.807, 2.05) is 0 Å². The first kappa shape index (κ1) is 9.72. The molecule has 0 atom stereocenters. The number of hydrogen-bond donors (Lipinski definition) is 0. The Morgan fingerprint density at radius 1 is 1.00 bits per heavy atom. The summed E-state index contributed by atoms with van der Waals surface area (Å²) in [5.74, 6) is 0.832. The van der Waals surface area contributed by atoms with Gasteiger partial charge in [-0.15, -0.1) is 0 Å². The summed E-state index contributed by atoms with van der Waals surface area (Å²) in [7, 11) is 0. The average Bonchev–Trinajstić information content (AvgIpc) is 2.23. The molecule has 1 saturated carbocycles. The van der Waals surface area contributed by atoms with E-state index in [9.17, 15) is 0 Å². The van der Waals surface area contributed by atoms with E-state index in [1.54, 1.807) is 0 Å². The summed E-state index contributed by atoms with van der Waals surface area (Å²) >= 11 is 0. The van der Waals surface area contributed by atoms with Crippen molar-refractivity contribution < 1.29 is 0 Å². The van der Waals surface area contributed by atoms with Crippen LogP contribution in [0.2, 0.25) is 0 Å². The van der Waals surface area contributed by atoms with E-state index < -0.39 is 0 Å². The summed E-state index contributed by atoms with van der Waals surface area (Å²) < 4.78 is 0. The first-order valence-electron chi connectivity index (χ1n) is 5.59. The maximum atomic E-state index is 7.64. The Kier molecular flexibility index (Phi) is 3.20. The van der Waals surface area contributed by atoms with Crippen LogP contribution >= 0.6 is 0 Å². The van der Waals surface area contributed by atoms with E-state index in [2.05, 4.69) is 30.3 Å². The molecule has 0 bridgehead atoms. The Hall–Kier alpha value is -0.820. The van der Waals surface area contributed by atoms with Crippen LogP contribution in [-0.4, -0.2) is 6.04 Å². The molecule has 1 radical (unpaired) electrons. The summed E-state index contributed by atoms with van der Waals surface area (Å²) in [6, 6.07) is 11.0. The minimum absolute atomic E-state index is 0.224. The third-order valence-corrected chi connectivity index (χ3v) is 3.21. The normalized spacial score (nSPS) is 27.5. The van der Waals surface area contributed by atoms with Gasteiger partial charge in [0, 0.05) is 6.04 Å². The molecule has 0 amide bonds. The fourth-order valence-electron chi connectivity index (χ4n) is 2.31. The lowest BCUT2D eigenvalue weighted by Gasteiger charge is -2.25. The van der Waals surface area contributed by atoms with E-state index in [-0.39, 0.29) is 6.04 Å². The summed E-state index contributed by atoms with van der Waals surface area (Å²) in [5.41, 5.74) is 9.10. The van der Waals surface area contributed by atoms with Gasteiger partial charge < -0.3 is 0 Å². The molecule has 1 aliphatic carbocycles. The molecular formula is C13H18N. The highest BCUT2D eigenvalue weighted by molar-refractivity contribution is 5.15. The average molecular weight is 188 g/mol. The van der Waals surface area contributed by atoms with Gasteiger partial charge in [0.15, 0.2) is 0 Å². The molecule has 0 aliphatic heterocycles. The molecule has 1 N–H and O–H groups in total. The molecule has 0 unspecified atom stereocenters. The Balaban J connectivity index is 1.87. The smallest absolute Gasteiger partial charge is 0.0213 e. The van der Waals surface area contributed by atoms with Crippen LogP contribution < -0.4 is 5.73 Å². The molecule has 2 rings (SSSR count). The van der Waals surface area contributed by atoms with Crippen molar-refractivity contribution in [3.63, 3.8) is 0 Å². The van der Waals surface area contributed by atoms with E-state index >= 15 is 0 Å². The Bertz CT molecular complexity index is 260. The fraction of sp³-hybridized carbons (Fsp3) is 0.538. The lowest BCUT2D eigenvalue weighted by molar-refractivity contribution is 0.320. The second-order valence-electron chi connectivity index (χ2n) is 4.41. The van der Waals surface area contributed by atoms with Gasteiger partial charge in [-0.25, -0.2) is 0 Å². The minimum Gasteiger partial charge on any atom is -0.255 e. The zero-order valence-electron chi connectivity index (χ0n) is 8.58. The summed E-state index contributed by atoms with van der Waals surface area (Å²) in [6.07, 6.45) is 5.94. The van der Waals surface area contributed by atoms with Gasteiger partial charge in [0.2, 0.25) is 0 Å². The van der Waals surface area contributed by atoms with Gasteiger partial charge in [0.05, 0.1) is 0 Å². The Morgan fingerprint density at radius 3 is 2.29 bits per heavy atom. The quantitative estimate of drug-likeness (QED) is 0.681. The summed E-state index contributed by atoms with van der Waals surface area (Å²) in [6.45, 7) is 0. The maximum absolute atomic E-state index is 7.64. The fourth-order valence-corrected chi connectivity index (χ4v) is 2.31. The highest BCUT2D eigenvalue weighted by Crippen LogP contribution is 2.26. The van der Waals surface area contributed by atoms with Gasteiger partial charge in [-0.05, 0) is 43.6 Å². The lowest BCUT2D eigenvalue weighted by Crippen LogP contribution is -2.20. The van der Waals surface area contributed by atoms with Crippen LogP contribution in [0.4, 0.5) is 0 Å². The summed E-state index contributed by atoms with van der Waals surface area (Å²) in [4.78, 5) is 0. The van der Waals surface area contributed by atoms with Crippen molar-refractivity contribution in [2.24, 2.45) is 5.92 Å². The van der Waals surface area contributed by atoms with E-state index in [4.69, 9.17) is 5.73 Å². The minimum atomic E-state index is 0.224. The molecule has 1 heteroatoms. The molecule has 0 heterocycles. The number of benzene rings is 1. The van der Waals surface area contributed by atoms with Gasteiger partial charge in [-0.2, -0.15) is 0 Å². The first-order chi connectivity index (χ1) is 6.84. The zero-order valence-corrected chi connectivity index (χ0v) is 8.58. The van der Waals surface area contributed by atoms with Crippen LogP contribution in [0.1, 0.15) is 31.2 Å². The highest BCUT2D eigenvalue weighted by Gasteiger charge is 2.18. The Labute approximate surface area is 86.3 Å². The van der Waals surface area contributed by atoms with Crippen LogP contribution in [0, 0.1) is 5.92 Å². The third kappa shape index (κ3) is 2.58. The summed E-state index contributed by atoms with van der Waals surface area (Å²) in [5, 5.41) is 0. The molecule has 1 aromatic carbocycles. The van der Waals surface area contributed by atoms with Crippen LogP contribution in [0.15, 0.2) is 30.3 Å². The van der Waals surface area contributed by atoms with E-state index in [0.717, 1.165) is 18.8 Å². The standard InChI is InChI=1S/C13H18N/c14-13-8-6-12(7-9-13)10-11-4-2-1-3-5-11/h1-5,12-14H,6-10H2. The SMILES string of the molecule is [NH]C1CCC(Cc2ccccc2)CC1. The maximum Gasteiger partial charge on any atom is 0.0213 e. The topological polar surface area (TPSA) is 23.8 Å². The number of rotatable bonds is 2. The lowest BCUT2D eigenvalue weighted by atomic mass is 9.83. The predicted octanol–water partition coefficient (Wildman–Crippen LogP) is 3.07. The van der Waals surface area contributed by atoms with Crippen molar-refractivity contribution in [3.8, 4) is 0 Å². The number of hydrogen-bond acceptors (Lipinski definition) is 0. The van der Waals surface area contributed by atoms with Crippen molar-refractivity contribution in [1.29, 1.82) is 0 Å². The zero-order chi connectivity index (χ0) is 9.80. The van der Waals surface area contributed by atoms with E-state index in [1.165, 1.54) is 24.8 Å². The monoisotopic (exact) mass is 188 g/mol. The van der Waals surface area contributed by atoms with Crippen LogP contribution in [-0.2, 0) is 6.42 Å². The molecule has 0 aromatic heterocycles. The van der Waals surface area contributed by atoms with Crippen molar-refractivity contribution in [2.45, 2.75) is 38.1 Å². The molecule has 0 saturated heterocycles.